The van der Waals surface area contributed by atoms with Gasteiger partial charge < -0.3 is 9.15 Å². The van der Waals surface area contributed by atoms with Crippen molar-refractivity contribution in [2.45, 2.75) is 11.5 Å². The van der Waals surface area contributed by atoms with E-state index in [0.29, 0.717) is 11.3 Å². The zero-order valence-electron chi connectivity index (χ0n) is 14.8. The van der Waals surface area contributed by atoms with E-state index in [4.69, 9.17) is 20.8 Å². The van der Waals surface area contributed by atoms with Crippen molar-refractivity contribution in [2.75, 3.05) is 4.72 Å². The zero-order chi connectivity index (χ0) is 20.4. The Hall–Kier alpha value is -3.30. The molecule has 0 atom stereocenters. The van der Waals surface area contributed by atoms with E-state index >= 15 is 0 Å². The van der Waals surface area contributed by atoms with Crippen LogP contribution in [-0.2, 0) is 16.6 Å². The van der Waals surface area contributed by atoms with Crippen LogP contribution in [0.5, 0.6) is 5.75 Å². The van der Waals surface area contributed by atoms with Crippen molar-refractivity contribution in [1.29, 1.82) is 0 Å². The number of hydrogen-bond acceptors (Lipinski definition) is 6. The fraction of sp³-hybridized carbons (Fsp3) is 0.0526. The Morgan fingerprint density at radius 3 is 2.76 bits per heavy atom. The molecule has 0 radical (unpaired) electrons. The summed E-state index contributed by atoms with van der Waals surface area (Å²) in [6.45, 7) is 0.230. The van der Waals surface area contributed by atoms with Gasteiger partial charge in [0.15, 0.2) is 5.58 Å². The van der Waals surface area contributed by atoms with E-state index in [1.165, 1.54) is 30.3 Å². The Labute approximate surface area is 170 Å². The van der Waals surface area contributed by atoms with Crippen LogP contribution in [0.15, 0.2) is 74.9 Å². The predicted molar refractivity (Wildman–Crippen MR) is 108 cm³/mol. The number of fused-ring (bicyclic) bond motifs is 1. The van der Waals surface area contributed by atoms with Crippen molar-refractivity contribution >= 4 is 38.4 Å². The highest BCUT2D eigenvalue weighted by Crippen LogP contribution is 2.29. The van der Waals surface area contributed by atoms with Crippen molar-refractivity contribution in [3.8, 4) is 5.75 Å². The number of nitrogens with zero attached hydrogens (tertiary/aromatic N) is 1. The summed E-state index contributed by atoms with van der Waals surface area (Å²) in [6.07, 6.45) is 1.66. The molecular formula is C19H14ClN3O5S. The maximum absolute atomic E-state index is 12.6. The van der Waals surface area contributed by atoms with Crippen LogP contribution >= 0.6 is 11.6 Å². The summed E-state index contributed by atoms with van der Waals surface area (Å²) in [5, 5.41) is 0.244. The average Bonchev–Trinajstić information content (AvgIpc) is 3.07. The fourth-order valence-electron chi connectivity index (χ4n) is 2.62. The number of halogens is 1. The number of aromatic nitrogens is 2. The molecule has 4 aromatic rings. The van der Waals surface area contributed by atoms with Crippen molar-refractivity contribution < 1.29 is 17.6 Å². The van der Waals surface area contributed by atoms with Gasteiger partial charge in [-0.25, -0.2) is 13.2 Å². The number of aromatic amines is 1. The molecule has 29 heavy (non-hydrogen) atoms. The third kappa shape index (κ3) is 4.25. The molecule has 2 aromatic carbocycles. The number of sulfonamides is 1. The molecule has 148 valence electrons. The van der Waals surface area contributed by atoms with Crippen LogP contribution in [0.25, 0.3) is 11.1 Å². The van der Waals surface area contributed by atoms with E-state index in [0.717, 1.165) is 5.69 Å². The van der Waals surface area contributed by atoms with Crippen molar-refractivity contribution in [1.82, 2.24) is 9.97 Å². The lowest BCUT2D eigenvalue weighted by molar-refractivity contribution is 0.301. The van der Waals surface area contributed by atoms with Crippen molar-refractivity contribution in [3.05, 3.63) is 82.1 Å². The second-order valence-electron chi connectivity index (χ2n) is 6.03. The zero-order valence-corrected chi connectivity index (χ0v) is 16.3. The first-order chi connectivity index (χ1) is 13.9. The predicted octanol–water partition coefficient (Wildman–Crippen LogP) is 3.55. The number of nitrogens with one attached hydrogen (secondary N) is 2. The van der Waals surface area contributed by atoms with E-state index in [9.17, 15) is 13.2 Å². The van der Waals surface area contributed by atoms with Gasteiger partial charge in [-0.3, -0.25) is 14.7 Å². The molecule has 0 fully saturated rings. The number of rotatable bonds is 6. The summed E-state index contributed by atoms with van der Waals surface area (Å²) in [5.41, 5.74) is 1.55. The Kier molecular flexibility index (Phi) is 4.99. The minimum atomic E-state index is -3.92. The number of H-pyrrole nitrogens is 1. The number of hydrogen-bond donors (Lipinski definition) is 2. The van der Waals surface area contributed by atoms with Crippen LogP contribution in [0.1, 0.15) is 5.69 Å². The van der Waals surface area contributed by atoms with E-state index in [1.807, 2.05) is 12.1 Å². The third-order valence-corrected chi connectivity index (χ3v) is 5.66. The molecule has 0 saturated heterocycles. The number of anilines is 1. The number of oxazole rings is 1. The second-order valence-corrected chi connectivity index (χ2v) is 8.12. The molecule has 10 heteroatoms. The summed E-state index contributed by atoms with van der Waals surface area (Å²) in [5.74, 6) is -0.258. The molecule has 2 heterocycles. The normalized spacial score (nSPS) is 11.5. The first-order valence-corrected chi connectivity index (χ1v) is 10.2. The Morgan fingerprint density at radius 1 is 1.14 bits per heavy atom. The monoisotopic (exact) mass is 431 g/mol. The average molecular weight is 432 g/mol. The van der Waals surface area contributed by atoms with E-state index in [1.54, 1.807) is 18.3 Å². The lowest BCUT2D eigenvalue weighted by Crippen LogP contribution is -2.12. The molecule has 0 spiro atoms. The van der Waals surface area contributed by atoms with Crippen molar-refractivity contribution in [2.24, 2.45) is 0 Å². The lowest BCUT2D eigenvalue weighted by Gasteiger charge is -2.11. The lowest BCUT2D eigenvalue weighted by atomic mass is 10.3. The molecule has 0 amide bonds. The molecular weight excluding hydrogens is 418 g/mol. The Morgan fingerprint density at radius 2 is 2.00 bits per heavy atom. The van der Waals surface area contributed by atoms with E-state index in [2.05, 4.69) is 14.7 Å². The standard InChI is InChI=1S/C19H14ClN3O5S/c20-15-9-12(4-7-17(15)27-11-13-3-1-2-8-21-13)23-29(25,26)14-5-6-16-18(10-14)28-19(24)22-16/h1-10,23H,11H2,(H,22,24). The van der Waals surface area contributed by atoms with E-state index < -0.39 is 15.8 Å². The molecule has 0 aliphatic heterocycles. The first-order valence-electron chi connectivity index (χ1n) is 8.39. The number of benzene rings is 2. The van der Waals surface area contributed by atoms with Crippen LogP contribution in [0.3, 0.4) is 0 Å². The Balaban J connectivity index is 1.51. The second kappa shape index (κ2) is 7.61. The van der Waals surface area contributed by atoms with Gasteiger partial charge in [0.2, 0.25) is 0 Å². The van der Waals surface area contributed by atoms with Gasteiger partial charge in [0.05, 0.1) is 26.8 Å². The van der Waals surface area contributed by atoms with Gasteiger partial charge in [0.1, 0.15) is 12.4 Å². The highest BCUT2D eigenvalue weighted by molar-refractivity contribution is 7.92. The summed E-state index contributed by atoms with van der Waals surface area (Å²) in [6, 6.07) is 14.1. The summed E-state index contributed by atoms with van der Waals surface area (Å²) in [7, 11) is -3.92. The molecule has 0 unspecified atom stereocenters. The first kappa shape index (κ1) is 19.0. The van der Waals surface area contributed by atoms with Gasteiger partial charge in [-0.1, -0.05) is 17.7 Å². The SMILES string of the molecule is O=c1[nH]c2ccc(S(=O)(=O)Nc3ccc(OCc4ccccn4)c(Cl)c3)cc2o1. The number of ether oxygens (including phenoxy) is 1. The molecule has 0 saturated carbocycles. The summed E-state index contributed by atoms with van der Waals surface area (Å²) >= 11 is 6.22. The van der Waals surface area contributed by atoms with Gasteiger partial charge in [0, 0.05) is 12.3 Å². The molecule has 2 N–H and O–H groups in total. The summed E-state index contributed by atoms with van der Waals surface area (Å²) < 4.78 is 38.2. The fourth-order valence-corrected chi connectivity index (χ4v) is 3.92. The maximum atomic E-state index is 12.6. The van der Waals surface area contributed by atoms with Gasteiger partial charge in [-0.15, -0.1) is 0 Å². The maximum Gasteiger partial charge on any atom is 0.417 e. The quantitative estimate of drug-likeness (QED) is 0.482. The van der Waals surface area contributed by atoms with Crippen LogP contribution < -0.4 is 15.2 Å². The Bertz CT molecular complexity index is 1330. The van der Waals surface area contributed by atoms with Gasteiger partial charge in [-0.05, 0) is 42.5 Å². The topological polar surface area (TPSA) is 114 Å². The highest BCUT2D eigenvalue weighted by atomic mass is 35.5. The molecule has 2 aromatic heterocycles. The van der Waals surface area contributed by atoms with Crippen molar-refractivity contribution in [3.63, 3.8) is 0 Å². The molecule has 0 aliphatic rings. The largest absolute Gasteiger partial charge is 0.486 e. The van der Waals surface area contributed by atoms with Crippen LogP contribution in [-0.4, -0.2) is 18.4 Å². The minimum Gasteiger partial charge on any atom is -0.486 e. The third-order valence-electron chi connectivity index (χ3n) is 3.99. The smallest absolute Gasteiger partial charge is 0.417 e. The van der Waals surface area contributed by atoms with Gasteiger partial charge in [0.25, 0.3) is 10.0 Å². The highest BCUT2D eigenvalue weighted by Gasteiger charge is 2.17. The van der Waals surface area contributed by atoms with Crippen LogP contribution in [0, 0.1) is 0 Å². The van der Waals surface area contributed by atoms with E-state index in [-0.39, 0.29) is 27.8 Å². The number of pyridine rings is 1. The molecule has 0 aliphatic carbocycles. The minimum absolute atomic E-state index is 0.0562. The molecule has 0 bridgehead atoms. The molecule has 8 nitrogen and oxygen atoms in total. The van der Waals surface area contributed by atoms with Gasteiger partial charge >= 0.3 is 5.76 Å². The molecule has 4 rings (SSSR count). The van der Waals surface area contributed by atoms with Crippen LogP contribution in [0.2, 0.25) is 5.02 Å². The summed E-state index contributed by atoms with van der Waals surface area (Å²) in [4.78, 5) is 17.8. The van der Waals surface area contributed by atoms with Crippen LogP contribution in [0.4, 0.5) is 5.69 Å². The van der Waals surface area contributed by atoms with Gasteiger partial charge in [-0.2, -0.15) is 0 Å².